The standard InChI is InChI=1S/C15H21N3O2S/c1-10-18-14-7-13(2-3-15(14)21-10)20-9-12(19)6-11-8-16-4-5-17-11/h2-3,7,11-12,16-17,19H,4-6,8-9H2,1H3/t11?,12-/m1/s1. The van der Waals surface area contributed by atoms with E-state index >= 15 is 0 Å². The molecule has 1 fully saturated rings. The monoisotopic (exact) mass is 307 g/mol. The van der Waals surface area contributed by atoms with E-state index in [-0.39, 0.29) is 0 Å². The summed E-state index contributed by atoms with van der Waals surface area (Å²) in [6.45, 7) is 5.17. The Morgan fingerprint density at radius 1 is 1.48 bits per heavy atom. The lowest BCUT2D eigenvalue weighted by Crippen LogP contribution is -2.49. The summed E-state index contributed by atoms with van der Waals surface area (Å²) < 4.78 is 6.86. The molecule has 0 radical (unpaired) electrons. The van der Waals surface area contributed by atoms with Crippen molar-refractivity contribution in [3.05, 3.63) is 23.2 Å². The normalized spacial score (nSPS) is 20.6. The van der Waals surface area contributed by atoms with Crippen molar-refractivity contribution in [2.45, 2.75) is 25.5 Å². The third-order valence-corrected chi connectivity index (χ3v) is 4.54. The molecule has 1 aliphatic heterocycles. The highest BCUT2D eigenvalue weighted by Crippen LogP contribution is 2.25. The number of nitrogens with zero attached hydrogens (tertiary/aromatic N) is 1. The number of fused-ring (bicyclic) bond motifs is 1. The molecule has 2 atom stereocenters. The lowest BCUT2D eigenvalue weighted by Gasteiger charge is -2.26. The molecule has 1 aromatic carbocycles. The topological polar surface area (TPSA) is 66.4 Å². The Hall–Kier alpha value is -1.21. The minimum absolute atomic E-state index is 0.312. The molecule has 2 heterocycles. The van der Waals surface area contributed by atoms with Gasteiger partial charge in [0.05, 0.1) is 21.3 Å². The summed E-state index contributed by atoms with van der Waals surface area (Å²) in [6, 6.07) is 6.22. The molecule has 1 aliphatic rings. The van der Waals surface area contributed by atoms with Gasteiger partial charge < -0.3 is 20.5 Å². The van der Waals surface area contributed by atoms with Gasteiger partial charge >= 0.3 is 0 Å². The Morgan fingerprint density at radius 3 is 3.19 bits per heavy atom. The maximum Gasteiger partial charge on any atom is 0.121 e. The predicted molar refractivity (Wildman–Crippen MR) is 85.1 cm³/mol. The Kier molecular flexibility index (Phi) is 4.70. The molecular formula is C15H21N3O2S. The lowest BCUT2D eigenvalue weighted by atomic mass is 10.1. The quantitative estimate of drug-likeness (QED) is 0.777. The first-order valence-electron chi connectivity index (χ1n) is 7.33. The average molecular weight is 307 g/mol. The summed E-state index contributed by atoms with van der Waals surface area (Å²) in [6.07, 6.45) is 0.237. The van der Waals surface area contributed by atoms with Gasteiger partial charge in [0.15, 0.2) is 0 Å². The van der Waals surface area contributed by atoms with Gasteiger partial charge in [0.2, 0.25) is 0 Å². The number of thiazole rings is 1. The number of rotatable bonds is 5. The fourth-order valence-corrected chi connectivity index (χ4v) is 3.39. The smallest absolute Gasteiger partial charge is 0.121 e. The zero-order valence-electron chi connectivity index (χ0n) is 12.1. The zero-order chi connectivity index (χ0) is 14.7. The summed E-state index contributed by atoms with van der Waals surface area (Å²) in [5.41, 5.74) is 0.961. The average Bonchev–Trinajstić information content (AvgIpc) is 2.85. The van der Waals surface area contributed by atoms with Crippen LogP contribution >= 0.6 is 11.3 Å². The van der Waals surface area contributed by atoms with Gasteiger partial charge in [0.25, 0.3) is 0 Å². The fraction of sp³-hybridized carbons (Fsp3) is 0.533. The van der Waals surface area contributed by atoms with E-state index in [0.29, 0.717) is 19.1 Å². The largest absolute Gasteiger partial charge is 0.491 e. The Labute approximate surface area is 128 Å². The fourth-order valence-electron chi connectivity index (χ4n) is 2.58. The van der Waals surface area contributed by atoms with E-state index in [1.807, 2.05) is 25.1 Å². The predicted octanol–water partition coefficient (Wildman–Crippen LogP) is 1.30. The van der Waals surface area contributed by atoms with Crippen molar-refractivity contribution in [1.82, 2.24) is 15.6 Å². The summed E-state index contributed by atoms with van der Waals surface area (Å²) in [4.78, 5) is 4.45. The molecule has 2 aromatic rings. The van der Waals surface area contributed by atoms with Crippen molar-refractivity contribution in [2.24, 2.45) is 0 Å². The third kappa shape index (κ3) is 3.91. The molecule has 6 heteroatoms. The molecular weight excluding hydrogens is 286 g/mol. The van der Waals surface area contributed by atoms with Crippen molar-refractivity contribution < 1.29 is 9.84 Å². The molecule has 3 N–H and O–H groups in total. The van der Waals surface area contributed by atoms with E-state index in [0.717, 1.165) is 40.6 Å². The van der Waals surface area contributed by atoms with Gasteiger partial charge in [0, 0.05) is 31.7 Å². The van der Waals surface area contributed by atoms with Crippen molar-refractivity contribution in [2.75, 3.05) is 26.2 Å². The van der Waals surface area contributed by atoms with Crippen LogP contribution in [0.15, 0.2) is 18.2 Å². The Morgan fingerprint density at radius 2 is 2.38 bits per heavy atom. The second kappa shape index (κ2) is 6.70. The van der Waals surface area contributed by atoms with Gasteiger partial charge in [-0.2, -0.15) is 0 Å². The van der Waals surface area contributed by atoms with Crippen molar-refractivity contribution in [1.29, 1.82) is 0 Å². The van der Waals surface area contributed by atoms with Crippen molar-refractivity contribution in [3.63, 3.8) is 0 Å². The summed E-state index contributed by atoms with van der Waals surface area (Å²) in [5.74, 6) is 0.765. The number of benzene rings is 1. The van der Waals surface area contributed by atoms with Crippen LogP contribution in [0.1, 0.15) is 11.4 Å². The summed E-state index contributed by atoms with van der Waals surface area (Å²) in [7, 11) is 0. The van der Waals surface area contributed by atoms with Crippen LogP contribution in [0.4, 0.5) is 0 Å². The van der Waals surface area contributed by atoms with E-state index in [1.165, 1.54) is 0 Å². The molecule has 0 spiro atoms. The molecule has 0 saturated carbocycles. The van der Waals surface area contributed by atoms with E-state index in [4.69, 9.17) is 4.74 Å². The highest BCUT2D eigenvalue weighted by Gasteiger charge is 2.17. The maximum atomic E-state index is 10.1. The molecule has 1 saturated heterocycles. The van der Waals surface area contributed by atoms with Crippen LogP contribution in [-0.2, 0) is 0 Å². The number of piperazine rings is 1. The van der Waals surface area contributed by atoms with Crippen LogP contribution < -0.4 is 15.4 Å². The van der Waals surface area contributed by atoms with Gasteiger partial charge in [-0.15, -0.1) is 11.3 Å². The Balaban J connectivity index is 1.52. The molecule has 21 heavy (non-hydrogen) atoms. The molecule has 3 rings (SSSR count). The minimum atomic E-state index is -0.463. The zero-order valence-corrected chi connectivity index (χ0v) is 12.9. The highest BCUT2D eigenvalue weighted by molar-refractivity contribution is 7.18. The number of aliphatic hydroxyl groups excluding tert-OH is 1. The lowest BCUT2D eigenvalue weighted by molar-refractivity contribution is 0.0883. The van der Waals surface area contributed by atoms with Gasteiger partial charge in [-0.1, -0.05) is 0 Å². The van der Waals surface area contributed by atoms with Crippen molar-refractivity contribution >= 4 is 21.6 Å². The van der Waals surface area contributed by atoms with Crippen LogP contribution in [0.2, 0.25) is 0 Å². The molecule has 1 aromatic heterocycles. The molecule has 5 nitrogen and oxygen atoms in total. The number of aromatic nitrogens is 1. The van der Waals surface area contributed by atoms with Crippen LogP contribution in [-0.4, -0.2) is 48.5 Å². The SMILES string of the molecule is Cc1nc2cc(OC[C@H](O)CC3CNCCN3)ccc2s1. The van der Waals surface area contributed by atoms with Gasteiger partial charge in [0.1, 0.15) is 12.4 Å². The van der Waals surface area contributed by atoms with E-state index < -0.39 is 6.10 Å². The summed E-state index contributed by atoms with van der Waals surface area (Å²) >= 11 is 1.68. The van der Waals surface area contributed by atoms with E-state index in [2.05, 4.69) is 15.6 Å². The first kappa shape index (κ1) is 14.7. The van der Waals surface area contributed by atoms with Gasteiger partial charge in [-0.05, 0) is 25.5 Å². The molecule has 0 aliphatic carbocycles. The van der Waals surface area contributed by atoms with E-state index in [1.54, 1.807) is 11.3 Å². The van der Waals surface area contributed by atoms with Crippen LogP contribution in [0.3, 0.4) is 0 Å². The van der Waals surface area contributed by atoms with Gasteiger partial charge in [-0.25, -0.2) is 4.98 Å². The van der Waals surface area contributed by atoms with Crippen LogP contribution in [0.5, 0.6) is 5.75 Å². The Bertz CT molecular complexity index is 596. The molecule has 1 unspecified atom stereocenters. The van der Waals surface area contributed by atoms with Gasteiger partial charge in [-0.3, -0.25) is 0 Å². The number of aryl methyl sites for hydroxylation is 1. The number of hydrogen-bond acceptors (Lipinski definition) is 6. The second-order valence-corrected chi connectivity index (χ2v) is 6.65. The highest BCUT2D eigenvalue weighted by atomic mass is 32.1. The molecule has 0 bridgehead atoms. The number of ether oxygens (including phenoxy) is 1. The van der Waals surface area contributed by atoms with Crippen LogP contribution in [0, 0.1) is 6.92 Å². The number of hydrogen-bond donors (Lipinski definition) is 3. The molecule has 114 valence electrons. The second-order valence-electron chi connectivity index (χ2n) is 5.42. The van der Waals surface area contributed by atoms with Crippen molar-refractivity contribution in [3.8, 4) is 5.75 Å². The molecule has 0 amide bonds. The number of nitrogens with one attached hydrogen (secondary N) is 2. The first-order chi connectivity index (χ1) is 10.2. The number of aliphatic hydroxyl groups is 1. The maximum absolute atomic E-state index is 10.1. The summed E-state index contributed by atoms with van der Waals surface area (Å²) in [5, 5.41) is 17.8. The first-order valence-corrected chi connectivity index (χ1v) is 8.14. The minimum Gasteiger partial charge on any atom is -0.491 e. The third-order valence-electron chi connectivity index (χ3n) is 3.59. The van der Waals surface area contributed by atoms with Crippen LogP contribution in [0.25, 0.3) is 10.2 Å². The van der Waals surface area contributed by atoms with E-state index in [9.17, 15) is 5.11 Å².